The van der Waals surface area contributed by atoms with E-state index in [9.17, 15) is 4.79 Å². The molecule has 1 aromatic rings. The van der Waals surface area contributed by atoms with Gasteiger partial charge in [0.05, 0.1) is 12.5 Å². The van der Waals surface area contributed by atoms with Crippen LogP contribution in [0, 0.1) is 5.92 Å². The number of carbonyl (C=O) groups excluding carboxylic acids is 1. The lowest BCUT2D eigenvalue weighted by Gasteiger charge is -2.24. The molecular formula is C17H28N2O2. The van der Waals surface area contributed by atoms with Gasteiger partial charge in [-0.15, -0.1) is 0 Å². The third-order valence-corrected chi connectivity index (χ3v) is 3.56. The van der Waals surface area contributed by atoms with E-state index in [0.29, 0.717) is 19.6 Å². The van der Waals surface area contributed by atoms with Crippen LogP contribution < -0.4 is 10.5 Å². The molecule has 0 saturated carbocycles. The average molecular weight is 292 g/mol. The molecule has 118 valence electrons. The Bertz CT molecular complexity index is 431. The van der Waals surface area contributed by atoms with Crippen LogP contribution in [0.3, 0.4) is 0 Å². The summed E-state index contributed by atoms with van der Waals surface area (Å²) in [5.74, 6) is 0.842. The maximum Gasteiger partial charge on any atom is 0.227 e. The predicted octanol–water partition coefficient (Wildman–Crippen LogP) is 2.46. The number of amides is 1. The third-order valence-electron chi connectivity index (χ3n) is 3.56. The molecule has 21 heavy (non-hydrogen) atoms. The molecule has 4 heteroatoms. The quantitative estimate of drug-likeness (QED) is 0.760. The molecule has 1 atom stereocenters. The van der Waals surface area contributed by atoms with Crippen LogP contribution in [-0.4, -0.2) is 37.0 Å². The van der Waals surface area contributed by atoms with Crippen molar-refractivity contribution >= 4 is 5.91 Å². The highest BCUT2D eigenvalue weighted by molar-refractivity contribution is 5.79. The highest BCUT2D eigenvalue weighted by Crippen LogP contribution is 2.17. The van der Waals surface area contributed by atoms with Gasteiger partial charge in [0, 0.05) is 19.6 Å². The standard InChI is InChI=1S/C17H28N2O2/c1-4-10-21-16-9-7-8-14(12-16)11-15(13-18)17(20)19(5-2)6-3/h7-9,12,15H,4-6,10-11,13,18H2,1-3H3. The van der Waals surface area contributed by atoms with Crippen molar-refractivity contribution < 1.29 is 9.53 Å². The first-order valence-corrected chi connectivity index (χ1v) is 7.86. The molecule has 0 aliphatic carbocycles. The van der Waals surface area contributed by atoms with Crippen LogP contribution in [0.1, 0.15) is 32.8 Å². The van der Waals surface area contributed by atoms with E-state index in [0.717, 1.165) is 30.8 Å². The van der Waals surface area contributed by atoms with Gasteiger partial charge in [0.2, 0.25) is 5.91 Å². The highest BCUT2D eigenvalue weighted by atomic mass is 16.5. The number of hydrogen-bond donors (Lipinski definition) is 1. The Morgan fingerprint density at radius 3 is 2.57 bits per heavy atom. The van der Waals surface area contributed by atoms with Crippen LogP contribution in [-0.2, 0) is 11.2 Å². The summed E-state index contributed by atoms with van der Waals surface area (Å²) in [5.41, 5.74) is 6.91. The zero-order valence-electron chi connectivity index (χ0n) is 13.5. The Morgan fingerprint density at radius 2 is 2.00 bits per heavy atom. The summed E-state index contributed by atoms with van der Waals surface area (Å²) in [4.78, 5) is 14.3. The minimum absolute atomic E-state index is 0.141. The molecular weight excluding hydrogens is 264 g/mol. The van der Waals surface area contributed by atoms with Crippen molar-refractivity contribution in [1.82, 2.24) is 4.90 Å². The van der Waals surface area contributed by atoms with Gasteiger partial charge < -0.3 is 15.4 Å². The van der Waals surface area contributed by atoms with Crippen molar-refractivity contribution in [1.29, 1.82) is 0 Å². The lowest BCUT2D eigenvalue weighted by molar-refractivity contribution is -0.134. The molecule has 0 aromatic heterocycles. The van der Waals surface area contributed by atoms with Gasteiger partial charge >= 0.3 is 0 Å². The summed E-state index contributed by atoms with van der Waals surface area (Å²) in [6.07, 6.45) is 1.64. The lowest BCUT2D eigenvalue weighted by atomic mass is 9.97. The van der Waals surface area contributed by atoms with E-state index >= 15 is 0 Å². The van der Waals surface area contributed by atoms with Gasteiger partial charge in [0.1, 0.15) is 5.75 Å². The van der Waals surface area contributed by atoms with Crippen LogP contribution in [0.25, 0.3) is 0 Å². The fourth-order valence-corrected chi connectivity index (χ4v) is 2.33. The van der Waals surface area contributed by atoms with Crippen molar-refractivity contribution in [3.05, 3.63) is 29.8 Å². The number of carbonyl (C=O) groups is 1. The largest absolute Gasteiger partial charge is 0.494 e. The molecule has 1 rings (SSSR count). The van der Waals surface area contributed by atoms with E-state index < -0.39 is 0 Å². The monoisotopic (exact) mass is 292 g/mol. The fourth-order valence-electron chi connectivity index (χ4n) is 2.33. The lowest BCUT2D eigenvalue weighted by Crippen LogP contribution is -2.39. The molecule has 0 bridgehead atoms. The first-order chi connectivity index (χ1) is 10.2. The van der Waals surface area contributed by atoms with E-state index in [1.807, 2.05) is 43.0 Å². The zero-order valence-corrected chi connectivity index (χ0v) is 13.5. The molecule has 0 aliphatic rings. The molecule has 0 fully saturated rings. The summed E-state index contributed by atoms with van der Waals surface area (Å²) in [6.45, 7) is 8.61. The first kappa shape index (κ1) is 17.5. The molecule has 4 nitrogen and oxygen atoms in total. The Kier molecular flexibility index (Phi) is 7.83. The normalized spacial score (nSPS) is 12.0. The minimum Gasteiger partial charge on any atom is -0.494 e. The van der Waals surface area contributed by atoms with Crippen molar-refractivity contribution in [3.63, 3.8) is 0 Å². The van der Waals surface area contributed by atoms with Crippen LogP contribution in [0.5, 0.6) is 5.75 Å². The Labute approximate surface area is 128 Å². The van der Waals surface area contributed by atoms with E-state index in [1.165, 1.54) is 0 Å². The third kappa shape index (κ3) is 5.38. The molecule has 0 heterocycles. The van der Waals surface area contributed by atoms with Crippen molar-refractivity contribution in [2.45, 2.75) is 33.6 Å². The van der Waals surface area contributed by atoms with E-state index in [-0.39, 0.29) is 11.8 Å². The molecule has 0 saturated heterocycles. The summed E-state index contributed by atoms with van der Waals surface area (Å²) < 4.78 is 5.63. The minimum atomic E-state index is -0.161. The Balaban J connectivity index is 2.74. The second-order valence-corrected chi connectivity index (χ2v) is 5.14. The number of rotatable bonds is 9. The maximum absolute atomic E-state index is 12.4. The number of hydrogen-bond acceptors (Lipinski definition) is 3. The Morgan fingerprint density at radius 1 is 1.29 bits per heavy atom. The van der Waals surface area contributed by atoms with Crippen LogP contribution >= 0.6 is 0 Å². The van der Waals surface area contributed by atoms with E-state index in [2.05, 4.69) is 6.92 Å². The van der Waals surface area contributed by atoms with Crippen LogP contribution in [0.15, 0.2) is 24.3 Å². The van der Waals surface area contributed by atoms with Crippen LogP contribution in [0.4, 0.5) is 0 Å². The first-order valence-electron chi connectivity index (χ1n) is 7.86. The number of nitrogens with two attached hydrogens (primary N) is 1. The topological polar surface area (TPSA) is 55.6 Å². The molecule has 0 spiro atoms. The SMILES string of the molecule is CCCOc1cccc(CC(CN)C(=O)N(CC)CC)c1. The Hall–Kier alpha value is -1.55. The van der Waals surface area contributed by atoms with Crippen molar-refractivity contribution in [2.24, 2.45) is 11.7 Å². The van der Waals surface area contributed by atoms with E-state index in [1.54, 1.807) is 0 Å². The zero-order chi connectivity index (χ0) is 15.7. The number of ether oxygens (including phenoxy) is 1. The van der Waals surface area contributed by atoms with E-state index in [4.69, 9.17) is 10.5 Å². The summed E-state index contributed by atoms with van der Waals surface area (Å²) in [6, 6.07) is 7.95. The summed E-state index contributed by atoms with van der Waals surface area (Å²) in [5, 5.41) is 0. The second-order valence-electron chi connectivity index (χ2n) is 5.14. The van der Waals surface area contributed by atoms with Gasteiger partial charge in [0.25, 0.3) is 0 Å². The maximum atomic E-state index is 12.4. The molecule has 0 aliphatic heterocycles. The molecule has 0 radical (unpaired) electrons. The predicted molar refractivity (Wildman–Crippen MR) is 86.4 cm³/mol. The summed E-state index contributed by atoms with van der Waals surface area (Å²) in [7, 11) is 0. The van der Waals surface area contributed by atoms with Gasteiger partial charge in [-0.3, -0.25) is 4.79 Å². The van der Waals surface area contributed by atoms with Crippen LogP contribution in [0.2, 0.25) is 0 Å². The highest BCUT2D eigenvalue weighted by Gasteiger charge is 2.21. The van der Waals surface area contributed by atoms with Crippen molar-refractivity contribution in [2.75, 3.05) is 26.2 Å². The second kappa shape index (κ2) is 9.40. The van der Waals surface area contributed by atoms with Crippen molar-refractivity contribution in [3.8, 4) is 5.75 Å². The number of nitrogens with zero attached hydrogens (tertiary/aromatic N) is 1. The molecule has 2 N–H and O–H groups in total. The molecule has 1 unspecified atom stereocenters. The molecule has 1 aromatic carbocycles. The van der Waals surface area contributed by atoms with Gasteiger partial charge in [-0.1, -0.05) is 19.1 Å². The van der Waals surface area contributed by atoms with Gasteiger partial charge in [0.15, 0.2) is 0 Å². The molecule has 1 amide bonds. The van der Waals surface area contributed by atoms with Gasteiger partial charge in [-0.05, 0) is 44.4 Å². The average Bonchev–Trinajstić information content (AvgIpc) is 2.52. The number of benzene rings is 1. The van der Waals surface area contributed by atoms with Gasteiger partial charge in [-0.25, -0.2) is 0 Å². The smallest absolute Gasteiger partial charge is 0.227 e. The summed E-state index contributed by atoms with van der Waals surface area (Å²) >= 11 is 0. The fraction of sp³-hybridized carbons (Fsp3) is 0.588. The van der Waals surface area contributed by atoms with Gasteiger partial charge in [-0.2, -0.15) is 0 Å².